The Balaban J connectivity index is 1.88. The number of methoxy groups -OCH3 is 1. The Morgan fingerprint density at radius 2 is 2.18 bits per heavy atom. The van der Waals surface area contributed by atoms with Crippen molar-refractivity contribution in [3.8, 4) is 0 Å². The zero-order chi connectivity index (χ0) is 15.5. The lowest BCUT2D eigenvalue weighted by atomic mass is 10.2. The van der Waals surface area contributed by atoms with Crippen molar-refractivity contribution in [3.63, 3.8) is 0 Å². The Kier molecular flexibility index (Phi) is 3.97. The SMILES string of the molecule is COC(=O)c1ccc2oc(S(=O)Cc3ccccn3)nc2c1. The Bertz CT molecular complexity index is 845. The van der Waals surface area contributed by atoms with Crippen LogP contribution >= 0.6 is 0 Å². The predicted molar refractivity (Wildman–Crippen MR) is 79.7 cm³/mol. The molecule has 3 aromatic rings. The number of ether oxygens (including phenoxy) is 1. The lowest BCUT2D eigenvalue weighted by Gasteiger charge is -1.96. The van der Waals surface area contributed by atoms with E-state index in [0.717, 1.165) is 0 Å². The summed E-state index contributed by atoms with van der Waals surface area (Å²) in [6.45, 7) is 0. The van der Waals surface area contributed by atoms with E-state index in [1.165, 1.54) is 7.11 Å². The fraction of sp³-hybridized carbons (Fsp3) is 0.133. The molecule has 0 amide bonds. The summed E-state index contributed by atoms with van der Waals surface area (Å²) in [7, 11) is -0.134. The highest BCUT2D eigenvalue weighted by Crippen LogP contribution is 2.20. The normalized spacial score (nSPS) is 12.2. The Hall–Kier alpha value is -2.54. The molecule has 0 bridgehead atoms. The first-order chi connectivity index (χ1) is 10.7. The molecule has 0 aliphatic heterocycles. The van der Waals surface area contributed by atoms with Crippen molar-refractivity contribution in [2.45, 2.75) is 11.0 Å². The lowest BCUT2D eigenvalue weighted by molar-refractivity contribution is 0.0601. The van der Waals surface area contributed by atoms with E-state index in [-0.39, 0.29) is 11.0 Å². The molecular weight excluding hydrogens is 304 g/mol. The summed E-state index contributed by atoms with van der Waals surface area (Å²) in [6, 6.07) is 10.1. The van der Waals surface area contributed by atoms with Gasteiger partial charge in [-0.05, 0) is 30.3 Å². The van der Waals surface area contributed by atoms with Crippen LogP contribution in [0.1, 0.15) is 16.1 Å². The van der Waals surface area contributed by atoms with Crippen LogP contribution in [0.2, 0.25) is 0 Å². The number of nitrogens with zero attached hydrogens (tertiary/aromatic N) is 2. The van der Waals surface area contributed by atoms with Gasteiger partial charge in [-0.15, -0.1) is 0 Å². The topological polar surface area (TPSA) is 82.3 Å². The maximum atomic E-state index is 12.3. The first-order valence-electron chi connectivity index (χ1n) is 6.44. The molecule has 0 saturated carbocycles. The molecule has 2 heterocycles. The molecule has 0 spiro atoms. The van der Waals surface area contributed by atoms with Gasteiger partial charge < -0.3 is 9.15 Å². The number of hydrogen-bond donors (Lipinski definition) is 0. The average Bonchev–Trinajstić information content (AvgIpc) is 2.98. The number of hydrogen-bond acceptors (Lipinski definition) is 6. The number of rotatable bonds is 4. The van der Waals surface area contributed by atoms with Gasteiger partial charge in [-0.1, -0.05) is 6.07 Å². The molecule has 1 unspecified atom stereocenters. The molecule has 3 rings (SSSR count). The molecular formula is C15H12N2O4S. The first-order valence-corrected chi connectivity index (χ1v) is 7.76. The number of fused-ring (bicyclic) bond motifs is 1. The zero-order valence-electron chi connectivity index (χ0n) is 11.7. The largest absolute Gasteiger partial charge is 0.465 e. The third-order valence-corrected chi connectivity index (χ3v) is 4.11. The van der Waals surface area contributed by atoms with Crippen LogP contribution in [0.25, 0.3) is 11.1 Å². The van der Waals surface area contributed by atoms with E-state index >= 15 is 0 Å². The molecule has 1 atom stereocenters. The summed E-state index contributed by atoms with van der Waals surface area (Å²) in [5.41, 5.74) is 1.99. The number of carbonyl (C=O) groups excluding carboxylic acids is 1. The van der Waals surface area contributed by atoms with Crippen LogP contribution in [0.3, 0.4) is 0 Å². The minimum atomic E-state index is -1.44. The zero-order valence-corrected chi connectivity index (χ0v) is 12.5. The number of oxazole rings is 1. The number of pyridine rings is 1. The highest BCUT2D eigenvalue weighted by molar-refractivity contribution is 7.84. The molecule has 0 aliphatic carbocycles. The van der Waals surface area contributed by atoms with Crippen molar-refractivity contribution >= 4 is 27.9 Å². The monoisotopic (exact) mass is 316 g/mol. The molecule has 112 valence electrons. The van der Waals surface area contributed by atoms with Gasteiger partial charge in [-0.2, -0.15) is 0 Å². The first kappa shape index (κ1) is 14.4. The van der Waals surface area contributed by atoms with Crippen molar-refractivity contribution in [2.24, 2.45) is 0 Å². The fourth-order valence-corrected chi connectivity index (χ4v) is 2.87. The Labute approximate surface area is 128 Å². The molecule has 7 heteroatoms. The molecule has 6 nitrogen and oxygen atoms in total. The summed E-state index contributed by atoms with van der Waals surface area (Å²) in [5.74, 6) is -0.238. The van der Waals surface area contributed by atoms with Gasteiger partial charge in [0.1, 0.15) is 16.3 Å². The second kappa shape index (κ2) is 6.07. The third-order valence-electron chi connectivity index (χ3n) is 2.99. The molecule has 22 heavy (non-hydrogen) atoms. The fourth-order valence-electron chi connectivity index (χ4n) is 1.93. The van der Waals surface area contributed by atoms with Gasteiger partial charge in [0, 0.05) is 6.20 Å². The van der Waals surface area contributed by atoms with Crippen LogP contribution in [0.4, 0.5) is 0 Å². The van der Waals surface area contributed by atoms with Crippen molar-refractivity contribution in [1.29, 1.82) is 0 Å². The Morgan fingerprint density at radius 1 is 1.32 bits per heavy atom. The van der Waals surface area contributed by atoms with Gasteiger partial charge in [0.05, 0.1) is 24.1 Å². The van der Waals surface area contributed by atoms with Gasteiger partial charge in [-0.3, -0.25) is 4.98 Å². The van der Waals surface area contributed by atoms with Crippen LogP contribution in [0.15, 0.2) is 52.2 Å². The minimum Gasteiger partial charge on any atom is -0.465 e. The van der Waals surface area contributed by atoms with Crippen molar-refractivity contribution in [2.75, 3.05) is 7.11 Å². The summed E-state index contributed by atoms with van der Waals surface area (Å²) >= 11 is 0. The van der Waals surface area contributed by atoms with Crippen molar-refractivity contribution < 1.29 is 18.2 Å². The van der Waals surface area contributed by atoms with E-state index in [1.807, 2.05) is 6.07 Å². The van der Waals surface area contributed by atoms with Gasteiger partial charge in [0.2, 0.25) is 0 Å². The molecule has 0 N–H and O–H groups in total. The number of benzene rings is 1. The standard InChI is InChI=1S/C15H12N2O4S/c1-20-14(18)10-5-6-13-12(8-10)17-15(21-13)22(19)9-11-4-2-3-7-16-11/h2-8H,9H2,1H3. The van der Waals surface area contributed by atoms with Gasteiger partial charge in [0.15, 0.2) is 5.58 Å². The lowest BCUT2D eigenvalue weighted by Crippen LogP contribution is -2.00. The molecule has 0 fully saturated rings. The quantitative estimate of drug-likeness (QED) is 0.687. The van der Waals surface area contributed by atoms with Crippen LogP contribution < -0.4 is 0 Å². The number of esters is 1. The molecule has 0 aliphatic rings. The minimum absolute atomic E-state index is 0.114. The summed E-state index contributed by atoms with van der Waals surface area (Å²) in [6.07, 6.45) is 1.64. The van der Waals surface area contributed by atoms with Crippen molar-refractivity contribution in [1.82, 2.24) is 9.97 Å². The second-order valence-electron chi connectivity index (χ2n) is 4.46. The van der Waals surface area contributed by atoms with E-state index in [1.54, 1.807) is 36.5 Å². The third kappa shape index (κ3) is 2.89. The van der Waals surface area contributed by atoms with Crippen LogP contribution in [-0.4, -0.2) is 27.3 Å². The van der Waals surface area contributed by atoms with Gasteiger partial charge >= 0.3 is 5.97 Å². The van der Waals surface area contributed by atoms with E-state index in [2.05, 4.69) is 14.7 Å². The predicted octanol–water partition coefficient (Wildman–Crippen LogP) is 2.32. The van der Waals surface area contributed by atoms with E-state index in [4.69, 9.17) is 4.42 Å². The molecule has 0 radical (unpaired) electrons. The Morgan fingerprint density at radius 3 is 2.91 bits per heavy atom. The number of aromatic nitrogens is 2. The molecule has 1 aromatic carbocycles. The van der Waals surface area contributed by atoms with Crippen molar-refractivity contribution in [3.05, 3.63) is 53.9 Å². The smallest absolute Gasteiger partial charge is 0.337 e. The number of carbonyl (C=O) groups is 1. The molecule has 0 saturated heterocycles. The van der Waals surface area contributed by atoms with Crippen LogP contribution in [-0.2, 0) is 21.3 Å². The van der Waals surface area contributed by atoms with Gasteiger partial charge in [0.25, 0.3) is 5.22 Å². The van der Waals surface area contributed by atoms with Crippen LogP contribution in [0, 0.1) is 0 Å². The second-order valence-corrected chi connectivity index (χ2v) is 5.79. The van der Waals surface area contributed by atoms with E-state index in [9.17, 15) is 9.00 Å². The summed E-state index contributed by atoms with van der Waals surface area (Å²) in [5, 5.41) is 0.114. The maximum absolute atomic E-state index is 12.3. The van der Waals surface area contributed by atoms with E-state index < -0.39 is 16.8 Å². The highest BCUT2D eigenvalue weighted by Gasteiger charge is 2.15. The maximum Gasteiger partial charge on any atom is 0.337 e. The summed E-state index contributed by atoms with van der Waals surface area (Å²) in [4.78, 5) is 19.8. The molecule has 2 aromatic heterocycles. The van der Waals surface area contributed by atoms with Gasteiger partial charge in [-0.25, -0.2) is 14.0 Å². The van der Waals surface area contributed by atoms with E-state index in [0.29, 0.717) is 22.4 Å². The average molecular weight is 316 g/mol. The van der Waals surface area contributed by atoms with Crippen LogP contribution in [0.5, 0.6) is 0 Å². The highest BCUT2D eigenvalue weighted by atomic mass is 32.2. The summed E-state index contributed by atoms with van der Waals surface area (Å²) < 4.78 is 22.4.